The normalized spacial score (nSPS) is 18.1. The van der Waals surface area contributed by atoms with Crippen LogP contribution in [0.15, 0.2) is 24.3 Å². The molecule has 0 saturated heterocycles. The Morgan fingerprint density at radius 2 is 1.64 bits per heavy atom. The quantitative estimate of drug-likeness (QED) is 0.573. The first-order valence-electron chi connectivity index (χ1n) is 5.31. The fourth-order valence-electron chi connectivity index (χ4n) is 2.24. The van der Waals surface area contributed by atoms with Gasteiger partial charge in [-0.25, -0.2) is 5.26 Å². The van der Waals surface area contributed by atoms with Crippen molar-refractivity contribution in [3.8, 4) is 5.75 Å². The largest absolute Gasteiger partial charge is 0.340 e. The maximum atomic E-state index is 8.44. The summed E-state index contributed by atoms with van der Waals surface area (Å²) in [6, 6.07) is 7.76. The van der Waals surface area contributed by atoms with E-state index in [1.54, 1.807) is 0 Å². The van der Waals surface area contributed by atoms with Crippen LogP contribution in [0.5, 0.6) is 5.75 Å². The van der Waals surface area contributed by atoms with E-state index >= 15 is 0 Å². The minimum absolute atomic E-state index is 0.518. The average molecular weight is 192 g/mol. The van der Waals surface area contributed by atoms with Gasteiger partial charge < -0.3 is 4.89 Å². The third-order valence-electron chi connectivity index (χ3n) is 3.06. The van der Waals surface area contributed by atoms with E-state index in [1.165, 1.54) is 37.7 Å². The van der Waals surface area contributed by atoms with Crippen LogP contribution in [0.4, 0.5) is 0 Å². The van der Waals surface area contributed by atoms with Crippen molar-refractivity contribution in [3.63, 3.8) is 0 Å². The van der Waals surface area contributed by atoms with E-state index in [9.17, 15) is 0 Å². The summed E-state index contributed by atoms with van der Waals surface area (Å²) >= 11 is 0. The van der Waals surface area contributed by atoms with Gasteiger partial charge in [-0.2, -0.15) is 0 Å². The van der Waals surface area contributed by atoms with Gasteiger partial charge >= 0.3 is 0 Å². The number of rotatable bonds is 2. The fraction of sp³-hybridized carbons (Fsp3) is 0.500. The lowest BCUT2D eigenvalue weighted by Crippen LogP contribution is -2.04. The Morgan fingerprint density at radius 1 is 1.00 bits per heavy atom. The molecule has 1 saturated carbocycles. The smallest absolute Gasteiger partial charge is 0.165 e. The van der Waals surface area contributed by atoms with Gasteiger partial charge in [-0.15, -0.1) is 0 Å². The second-order valence-corrected chi connectivity index (χ2v) is 4.00. The zero-order valence-corrected chi connectivity index (χ0v) is 8.28. The lowest BCUT2D eigenvalue weighted by molar-refractivity contribution is -0.137. The number of hydrogen-bond donors (Lipinski definition) is 1. The van der Waals surface area contributed by atoms with Crippen molar-refractivity contribution in [1.82, 2.24) is 0 Å². The number of hydrogen-bond acceptors (Lipinski definition) is 2. The SMILES string of the molecule is OOc1ccc(C2CCCCC2)cc1. The first-order valence-corrected chi connectivity index (χ1v) is 5.31. The lowest BCUT2D eigenvalue weighted by atomic mass is 9.84. The summed E-state index contributed by atoms with van der Waals surface area (Å²) in [5, 5.41) is 8.44. The summed E-state index contributed by atoms with van der Waals surface area (Å²) in [5.41, 5.74) is 1.38. The van der Waals surface area contributed by atoms with Crippen LogP contribution in [-0.4, -0.2) is 5.26 Å². The van der Waals surface area contributed by atoms with Crippen molar-refractivity contribution < 1.29 is 10.1 Å². The molecule has 0 unspecified atom stereocenters. The van der Waals surface area contributed by atoms with Gasteiger partial charge in [0.2, 0.25) is 0 Å². The number of benzene rings is 1. The molecule has 1 aliphatic rings. The van der Waals surface area contributed by atoms with Gasteiger partial charge in [0.15, 0.2) is 5.75 Å². The highest BCUT2D eigenvalue weighted by atomic mass is 17.1. The van der Waals surface area contributed by atoms with Crippen LogP contribution in [0.25, 0.3) is 0 Å². The Labute approximate surface area is 84.5 Å². The fourth-order valence-corrected chi connectivity index (χ4v) is 2.24. The van der Waals surface area contributed by atoms with E-state index in [0.29, 0.717) is 5.75 Å². The van der Waals surface area contributed by atoms with E-state index in [-0.39, 0.29) is 0 Å². The van der Waals surface area contributed by atoms with Crippen LogP contribution < -0.4 is 4.89 Å². The molecular weight excluding hydrogens is 176 g/mol. The molecular formula is C12H16O2. The summed E-state index contributed by atoms with van der Waals surface area (Å²) in [6.45, 7) is 0. The molecule has 0 atom stereocenters. The minimum atomic E-state index is 0.518. The van der Waals surface area contributed by atoms with Crippen LogP contribution in [0.1, 0.15) is 43.6 Å². The van der Waals surface area contributed by atoms with Crippen LogP contribution in [-0.2, 0) is 0 Å². The second kappa shape index (κ2) is 4.47. The molecule has 76 valence electrons. The third kappa shape index (κ3) is 2.07. The van der Waals surface area contributed by atoms with Gasteiger partial charge in [-0.3, -0.25) is 0 Å². The molecule has 1 aromatic carbocycles. The first kappa shape index (κ1) is 9.53. The molecule has 2 rings (SSSR count). The van der Waals surface area contributed by atoms with Gasteiger partial charge in [0, 0.05) is 0 Å². The van der Waals surface area contributed by atoms with E-state index in [2.05, 4.69) is 17.0 Å². The van der Waals surface area contributed by atoms with Gasteiger partial charge in [-0.1, -0.05) is 31.4 Å². The lowest BCUT2D eigenvalue weighted by Gasteiger charge is -2.21. The van der Waals surface area contributed by atoms with Crippen molar-refractivity contribution in [3.05, 3.63) is 29.8 Å². The van der Waals surface area contributed by atoms with E-state index < -0.39 is 0 Å². The molecule has 0 radical (unpaired) electrons. The molecule has 0 aromatic heterocycles. The zero-order chi connectivity index (χ0) is 9.80. The molecule has 0 spiro atoms. The summed E-state index contributed by atoms with van der Waals surface area (Å²) in [7, 11) is 0. The molecule has 2 heteroatoms. The summed E-state index contributed by atoms with van der Waals surface area (Å²) in [6.07, 6.45) is 6.69. The molecule has 1 N–H and O–H groups in total. The highest BCUT2D eigenvalue weighted by Gasteiger charge is 2.14. The van der Waals surface area contributed by atoms with E-state index in [4.69, 9.17) is 5.26 Å². The zero-order valence-electron chi connectivity index (χ0n) is 8.28. The summed E-state index contributed by atoms with van der Waals surface area (Å²) < 4.78 is 0. The summed E-state index contributed by atoms with van der Waals surface area (Å²) in [5.74, 6) is 1.24. The monoisotopic (exact) mass is 192 g/mol. The summed E-state index contributed by atoms with van der Waals surface area (Å²) in [4.78, 5) is 4.16. The molecule has 0 bridgehead atoms. The van der Waals surface area contributed by atoms with Gasteiger partial charge in [0.25, 0.3) is 0 Å². The molecule has 0 aliphatic heterocycles. The standard InChI is InChI=1S/C12H16O2/c13-14-12-8-6-11(7-9-12)10-4-2-1-3-5-10/h6-10,13H,1-5H2. The van der Waals surface area contributed by atoms with E-state index in [0.717, 1.165) is 5.92 Å². The molecule has 1 aromatic rings. The Hall–Kier alpha value is -1.02. The van der Waals surface area contributed by atoms with Crippen LogP contribution in [0.2, 0.25) is 0 Å². The third-order valence-corrected chi connectivity index (χ3v) is 3.06. The second-order valence-electron chi connectivity index (χ2n) is 4.00. The van der Waals surface area contributed by atoms with Crippen molar-refractivity contribution in [1.29, 1.82) is 0 Å². The highest BCUT2D eigenvalue weighted by molar-refractivity contribution is 5.29. The average Bonchev–Trinajstić information content (AvgIpc) is 2.30. The predicted octanol–water partition coefficient (Wildman–Crippen LogP) is 3.59. The van der Waals surface area contributed by atoms with Crippen LogP contribution >= 0.6 is 0 Å². The van der Waals surface area contributed by atoms with Gasteiger partial charge in [0.05, 0.1) is 0 Å². The molecule has 0 amide bonds. The maximum Gasteiger partial charge on any atom is 0.165 e. The van der Waals surface area contributed by atoms with Crippen molar-refractivity contribution >= 4 is 0 Å². The molecule has 14 heavy (non-hydrogen) atoms. The molecule has 0 heterocycles. The topological polar surface area (TPSA) is 29.5 Å². The van der Waals surface area contributed by atoms with E-state index in [1.807, 2.05) is 12.1 Å². The van der Waals surface area contributed by atoms with Crippen molar-refractivity contribution in [2.24, 2.45) is 0 Å². The van der Waals surface area contributed by atoms with Crippen LogP contribution in [0, 0.1) is 0 Å². The predicted molar refractivity (Wildman–Crippen MR) is 55.5 cm³/mol. The first-order chi connectivity index (χ1) is 6.90. The highest BCUT2D eigenvalue weighted by Crippen LogP contribution is 2.33. The van der Waals surface area contributed by atoms with Gasteiger partial charge in [0.1, 0.15) is 0 Å². The Morgan fingerprint density at radius 3 is 2.21 bits per heavy atom. The van der Waals surface area contributed by atoms with Crippen molar-refractivity contribution in [2.75, 3.05) is 0 Å². The molecule has 1 aliphatic carbocycles. The Bertz CT molecular complexity index is 273. The maximum absolute atomic E-state index is 8.44. The minimum Gasteiger partial charge on any atom is -0.340 e. The van der Waals surface area contributed by atoms with Crippen molar-refractivity contribution in [2.45, 2.75) is 38.0 Å². The molecule has 1 fully saturated rings. The molecule has 2 nitrogen and oxygen atoms in total. The van der Waals surface area contributed by atoms with Gasteiger partial charge in [-0.05, 0) is 36.5 Å². The van der Waals surface area contributed by atoms with Crippen LogP contribution in [0.3, 0.4) is 0 Å². The Balaban J connectivity index is 2.07. The Kier molecular flexibility index (Phi) is 3.04.